The van der Waals surface area contributed by atoms with E-state index in [-0.39, 0.29) is 45.6 Å². The van der Waals surface area contributed by atoms with Gasteiger partial charge < -0.3 is 5.41 Å². The summed E-state index contributed by atoms with van der Waals surface area (Å²) < 4.78 is 0. The van der Waals surface area contributed by atoms with Gasteiger partial charge in [-0.2, -0.15) is 4.99 Å². The first-order valence-corrected chi connectivity index (χ1v) is 13.8. The maximum Gasteiger partial charge on any atom is 0.235 e. The topological polar surface area (TPSA) is 87.4 Å². The number of Topliss-reactive ketones (excluding diaryl/α,β-unsaturated/α-hetero) is 1. The van der Waals surface area contributed by atoms with Gasteiger partial charge in [-0.3, -0.25) is 9.59 Å². The fourth-order valence-electron chi connectivity index (χ4n) is 9.96. The molecule has 3 fully saturated rings. The van der Waals surface area contributed by atoms with Crippen LogP contribution in [0.15, 0.2) is 28.3 Å². The molecule has 2 unspecified atom stereocenters. The molecule has 0 spiro atoms. The SMILES string of the molecule is CC1(C)CC[C@]2(N=C=O)CC[C@]3(C)C(C(=O)C=C4[C@@]5(C)C=C(C=N)C(=O)C(C)(C)[C@@H]5CC[C@]43C)C2C1. The largest absolute Gasteiger partial charge is 0.308 e. The van der Waals surface area contributed by atoms with E-state index in [1.807, 2.05) is 32.1 Å². The van der Waals surface area contributed by atoms with Crippen molar-refractivity contribution < 1.29 is 14.4 Å². The number of rotatable bonds is 2. The number of ketones is 2. The Morgan fingerprint density at radius 1 is 1.00 bits per heavy atom. The Labute approximate surface area is 215 Å². The quantitative estimate of drug-likeness (QED) is 0.358. The van der Waals surface area contributed by atoms with E-state index in [1.165, 1.54) is 6.21 Å². The van der Waals surface area contributed by atoms with Crippen molar-refractivity contribution in [1.82, 2.24) is 0 Å². The highest BCUT2D eigenvalue weighted by atomic mass is 16.1. The third-order valence-electron chi connectivity index (χ3n) is 12.1. The summed E-state index contributed by atoms with van der Waals surface area (Å²) in [5.41, 5.74) is -0.282. The predicted molar refractivity (Wildman–Crippen MR) is 140 cm³/mol. The first-order chi connectivity index (χ1) is 16.6. The van der Waals surface area contributed by atoms with Crippen LogP contribution in [-0.2, 0) is 14.4 Å². The summed E-state index contributed by atoms with van der Waals surface area (Å²) >= 11 is 0. The molecule has 0 aliphatic heterocycles. The van der Waals surface area contributed by atoms with Gasteiger partial charge in [0.25, 0.3) is 0 Å². The summed E-state index contributed by atoms with van der Waals surface area (Å²) in [5, 5.41) is 7.96. The van der Waals surface area contributed by atoms with Crippen molar-refractivity contribution >= 4 is 23.9 Å². The monoisotopic (exact) mass is 490 g/mol. The lowest BCUT2D eigenvalue weighted by molar-refractivity contribution is -0.158. The van der Waals surface area contributed by atoms with Gasteiger partial charge in [0, 0.05) is 28.5 Å². The molecule has 194 valence electrons. The second-order valence-electron chi connectivity index (χ2n) is 14.6. The fourth-order valence-corrected chi connectivity index (χ4v) is 9.96. The summed E-state index contributed by atoms with van der Waals surface area (Å²) in [4.78, 5) is 43.6. The highest BCUT2D eigenvalue weighted by molar-refractivity contribution is 6.16. The van der Waals surface area contributed by atoms with Crippen LogP contribution in [0.1, 0.15) is 93.4 Å². The summed E-state index contributed by atoms with van der Waals surface area (Å²) in [6, 6.07) is 0. The Kier molecular flexibility index (Phi) is 5.29. The summed E-state index contributed by atoms with van der Waals surface area (Å²) in [7, 11) is 0. The molecule has 7 atom stereocenters. The third kappa shape index (κ3) is 2.98. The number of isocyanates is 1. The van der Waals surface area contributed by atoms with Crippen LogP contribution in [0, 0.1) is 50.2 Å². The predicted octanol–water partition coefficient (Wildman–Crippen LogP) is 6.42. The molecule has 0 aromatic carbocycles. The minimum absolute atomic E-state index is 0.0335. The van der Waals surface area contributed by atoms with Gasteiger partial charge in [0.05, 0.1) is 5.54 Å². The number of nitrogens with one attached hydrogen (secondary N) is 1. The number of hydrogen-bond donors (Lipinski definition) is 1. The molecule has 3 saturated carbocycles. The molecule has 0 heterocycles. The van der Waals surface area contributed by atoms with Crippen molar-refractivity contribution in [2.24, 2.45) is 49.8 Å². The number of carbonyl (C=O) groups excluding carboxylic acids is 3. The smallest absolute Gasteiger partial charge is 0.235 e. The lowest BCUT2D eigenvalue weighted by atomic mass is 9.35. The first-order valence-electron chi connectivity index (χ1n) is 13.8. The molecule has 36 heavy (non-hydrogen) atoms. The maximum absolute atomic E-state index is 14.3. The Hall–Kier alpha value is -2.13. The van der Waals surface area contributed by atoms with Crippen LogP contribution in [0.2, 0.25) is 0 Å². The van der Waals surface area contributed by atoms with Crippen molar-refractivity contribution in [3.8, 4) is 0 Å². The summed E-state index contributed by atoms with van der Waals surface area (Å²) in [5.74, 6) is 0.144. The molecule has 0 amide bonds. The van der Waals surface area contributed by atoms with Gasteiger partial charge in [-0.1, -0.05) is 60.1 Å². The summed E-state index contributed by atoms with van der Waals surface area (Å²) in [6.45, 7) is 15.5. The van der Waals surface area contributed by atoms with Crippen LogP contribution in [0.25, 0.3) is 0 Å². The van der Waals surface area contributed by atoms with Crippen molar-refractivity contribution in [3.63, 3.8) is 0 Å². The Bertz CT molecular complexity index is 1170. The second-order valence-corrected chi connectivity index (χ2v) is 14.6. The highest BCUT2D eigenvalue weighted by Gasteiger charge is 2.69. The molecule has 1 N–H and O–H groups in total. The van der Waals surface area contributed by atoms with Crippen LogP contribution in [0.5, 0.6) is 0 Å². The van der Waals surface area contributed by atoms with Gasteiger partial charge in [-0.25, -0.2) is 4.79 Å². The normalized spacial score (nSPS) is 46.6. The number of hydrogen-bond acceptors (Lipinski definition) is 5. The molecule has 5 heteroatoms. The highest BCUT2D eigenvalue weighted by Crippen LogP contribution is 2.73. The van der Waals surface area contributed by atoms with Crippen molar-refractivity contribution in [2.75, 3.05) is 0 Å². The maximum atomic E-state index is 14.3. The number of allylic oxidation sites excluding steroid dienone is 4. The molecule has 5 aliphatic rings. The zero-order valence-electron chi connectivity index (χ0n) is 23.1. The van der Waals surface area contributed by atoms with Gasteiger partial charge in [0.1, 0.15) is 0 Å². The van der Waals surface area contributed by atoms with E-state index in [0.717, 1.165) is 50.5 Å². The van der Waals surface area contributed by atoms with Crippen LogP contribution in [0.3, 0.4) is 0 Å². The minimum Gasteiger partial charge on any atom is -0.308 e. The molecule has 0 bridgehead atoms. The number of nitrogens with zero attached hydrogens (tertiary/aromatic N) is 1. The molecule has 5 nitrogen and oxygen atoms in total. The number of aliphatic imine (C=N–C) groups is 1. The van der Waals surface area contributed by atoms with Gasteiger partial charge >= 0.3 is 0 Å². The van der Waals surface area contributed by atoms with E-state index in [0.29, 0.717) is 5.57 Å². The van der Waals surface area contributed by atoms with E-state index in [4.69, 9.17) is 5.41 Å². The lowest BCUT2D eigenvalue weighted by Gasteiger charge is -2.68. The van der Waals surface area contributed by atoms with E-state index in [9.17, 15) is 14.4 Å². The van der Waals surface area contributed by atoms with Crippen LogP contribution >= 0.6 is 0 Å². The second kappa shape index (κ2) is 7.47. The molecule has 5 rings (SSSR count). The average molecular weight is 491 g/mol. The summed E-state index contributed by atoms with van der Waals surface area (Å²) in [6.07, 6.45) is 13.3. The van der Waals surface area contributed by atoms with Crippen molar-refractivity contribution in [2.45, 2.75) is 99.0 Å². The lowest BCUT2D eigenvalue weighted by Crippen LogP contribution is -2.66. The molecular formula is C31H42N2O3. The molecule has 0 aromatic heterocycles. The van der Waals surface area contributed by atoms with E-state index >= 15 is 0 Å². The van der Waals surface area contributed by atoms with Crippen molar-refractivity contribution in [3.05, 3.63) is 23.3 Å². The molecule has 0 saturated heterocycles. The zero-order valence-corrected chi connectivity index (χ0v) is 23.1. The Morgan fingerprint density at radius 3 is 2.31 bits per heavy atom. The molecule has 5 aliphatic carbocycles. The first kappa shape index (κ1) is 25.5. The van der Waals surface area contributed by atoms with Gasteiger partial charge in [0.2, 0.25) is 6.08 Å². The van der Waals surface area contributed by atoms with Crippen LogP contribution < -0.4 is 0 Å². The number of carbonyl (C=O) groups is 2. The van der Waals surface area contributed by atoms with E-state index in [2.05, 4.69) is 39.6 Å². The standard InChI is InChI=1S/C31H42N2O3/c1-26(2)10-12-31(33-18-34)13-11-30(7)24(20(31)16-26)21(35)14-23-28(5)15-19(17-32)25(36)27(3,4)22(28)8-9-29(23,30)6/h14-15,17,20,22,24,32H,8-13,16H2,1-7H3/t20?,22-,24?,28-,29+,30+,31-/m0/s1. The van der Waals surface area contributed by atoms with Crippen LogP contribution in [0.4, 0.5) is 0 Å². The van der Waals surface area contributed by atoms with Crippen LogP contribution in [-0.4, -0.2) is 29.4 Å². The van der Waals surface area contributed by atoms with Gasteiger partial charge in [0.15, 0.2) is 11.6 Å². The Balaban J connectivity index is 1.71. The van der Waals surface area contributed by atoms with Gasteiger partial charge in [-0.05, 0) is 79.1 Å². The van der Waals surface area contributed by atoms with E-state index in [1.54, 1.807) is 0 Å². The van der Waals surface area contributed by atoms with Gasteiger partial charge in [-0.15, -0.1) is 0 Å². The number of fused-ring (bicyclic) bond motifs is 7. The van der Waals surface area contributed by atoms with Crippen molar-refractivity contribution in [1.29, 1.82) is 5.41 Å². The van der Waals surface area contributed by atoms with E-state index < -0.39 is 16.4 Å². The third-order valence-corrected chi connectivity index (χ3v) is 12.1. The molecule has 0 radical (unpaired) electrons. The average Bonchev–Trinajstić information content (AvgIpc) is 2.79. The minimum atomic E-state index is -0.590. The molecular weight excluding hydrogens is 448 g/mol. The zero-order chi connectivity index (χ0) is 26.5. The fraction of sp³-hybridized carbons (Fsp3) is 0.742. The Morgan fingerprint density at radius 2 is 1.67 bits per heavy atom. The molecule has 0 aromatic rings.